The van der Waals surface area contributed by atoms with E-state index >= 15 is 0 Å². The lowest BCUT2D eigenvalue weighted by Crippen LogP contribution is -2.48. The van der Waals surface area contributed by atoms with Crippen molar-refractivity contribution in [3.63, 3.8) is 0 Å². The minimum absolute atomic E-state index is 0.0795. The van der Waals surface area contributed by atoms with Crippen LogP contribution in [0.4, 0.5) is 0 Å². The molecule has 1 N–H and O–H groups in total. The number of carbonyl (C=O) groups is 1. The summed E-state index contributed by atoms with van der Waals surface area (Å²) in [7, 11) is 0. The average molecular weight is 292 g/mol. The maximum absolute atomic E-state index is 11.9. The molecule has 3 aliphatic carbocycles. The molecule has 120 valence electrons. The van der Waals surface area contributed by atoms with Crippen molar-refractivity contribution in [2.24, 2.45) is 29.1 Å². The molecule has 6 atom stereocenters. The molecule has 0 aromatic carbocycles. The van der Waals surface area contributed by atoms with Crippen molar-refractivity contribution < 1.29 is 9.90 Å². The van der Waals surface area contributed by atoms with E-state index in [1.807, 2.05) is 0 Å². The Morgan fingerprint density at radius 1 is 1.10 bits per heavy atom. The molecule has 0 amide bonds. The third-order valence-electron chi connectivity index (χ3n) is 7.30. The fraction of sp³-hybridized carbons (Fsp3) is 0.947. The second-order valence-corrected chi connectivity index (χ2v) is 8.43. The number of fused-ring (bicyclic) bond motifs is 3. The molecule has 0 saturated heterocycles. The van der Waals surface area contributed by atoms with Crippen LogP contribution in [0, 0.1) is 29.1 Å². The van der Waals surface area contributed by atoms with E-state index in [-0.39, 0.29) is 6.10 Å². The van der Waals surface area contributed by atoms with Crippen LogP contribution in [0.2, 0.25) is 0 Å². The highest BCUT2D eigenvalue weighted by atomic mass is 16.3. The summed E-state index contributed by atoms with van der Waals surface area (Å²) < 4.78 is 0. The van der Waals surface area contributed by atoms with Crippen LogP contribution < -0.4 is 0 Å². The molecule has 2 nitrogen and oxygen atoms in total. The van der Waals surface area contributed by atoms with E-state index in [4.69, 9.17) is 0 Å². The summed E-state index contributed by atoms with van der Waals surface area (Å²) in [5.74, 6) is 3.48. The number of ketones is 1. The quantitative estimate of drug-likeness (QED) is 0.720. The summed E-state index contributed by atoms with van der Waals surface area (Å²) in [6.07, 6.45) is 10.9. The SMILES string of the molecule is CC1CC[C@H](O)CCCC2C1CC[C@H]1CC(=O)CC[C@]21C. The van der Waals surface area contributed by atoms with E-state index in [1.54, 1.807) is 0 Å². The first-order chi connectivity index (χ1) is 10.0. The Hall–Kier alpha value is -0.370. The van der Waals surface area contributed by atoms with Gasteiger partial charge in [-0.1, -0.05) is 20.3 Å². The van der Waals surface area contributed by atoms with Gasteiger partial charge < -0.3 is 5.11 Å². The third-order valence-corrected chi connectivity index (χ3v) is 7.30. The smallest absolute Gasteiger partial charge is 0.133 e. The number of carbonyl (C=O) groups excluding carboxylic acids is 1. The van der Waals surface area contributed by atoms with Gasteiger partial charge in [0.25, 0.3) is 0 Å². The van der Waals surface area contributed by atoms with Gasteiger partial charge in [-0.3, -0.25) is 4.79 Å². The molecule has 3 rings (SSSR count). The van der Waals surface area contributed by atoms with Gasteiger partial charge in [-0.15, -0.1) is 0 Å². The third kappa shape index (κ3) is 2.93. The lowest BCUT2D eigenvalue weighted by Gasteiger charge is -2.55. The summed E-state index contributed by atoms with van der Waals surface area (Å²) >= 11 is 0. The minimum Gasteiger partial charge on any atom is -0.393 e. The molecule has 0 aromatic heterocycles. The Labute approximate surface area is 129 Å². The highest BCUT2D eigenvalue weighted by molar-refractivity contribution is 5.79. The molecule has 0 radical (unpaired) electrons. The van der Waals surface area contributed by atoms with Crippen LogP contribution in [0.1, 0.15) is 78.1 Å². The fourth-order valence-corrected chi connectivity index (χ4v) is 5.84. The fourth-order valence-electron chi connectivity index (χ4n) is 5.84. The highest BCUT2D eigenvalue weighted by Crippen LogP contribution is 2.58. The van der Waals surface area contributed by atoms with E-state index in [0.717, 1.165) is 49.9 Å². The monoisotopic (exact) mass is 292 g/mol. The number of aliphatic hydroxyl groups excluding tert-OH is 1. The molecule has 0 aliphatic heterocycles. The Morgan fingerprint density at radius 3 is 2.71 bits per heavy atom. The Balaban J connectivity index is 1.83. The maximum atomic E-state index is 11.9. The van der Waals surface area contributed by atoms with Gasteiger partial charge in [-0.05, 0) is 74.0 Å². The molecule has 3 fully saturated rings. The van der Waals surface area contributed by atoms with Crippen molar-refractivity contribution in [2.45, 2.75) is 84.2 Å². The van der Waals surface area contributed by atoms with Gasteiger partial charge in [0.2, 0.25) is 0 Å². The zero-order chi connectivity index (χ0) is 15.0. The molecular formula is C19H32O2. The van der Waals surface area contributed by atoms with E-state index < -0.39 is 0 Å². The van der Waals surface area contributed by atoms with Crippen molar-refractivity contribution >= 4 is 5.78 Å². The second-order valence-electron chi connectivity index (χ2n) is 8.43. The zero-order valence-electron chi connectivity index (χ0n) is 13.8. The predicted molar refractivity (Wildman–Crippen MR) is 84.9 cm³/mol. The largest absolute Gasteiger partial charge is 0.393 e. The topological polar surface area (TPSA) is 37.3 Å². The number of hydrogen-bond acceptors (Lipinski definition) is 2. The van der Waals surface area contributed by atoms with Crippen molar-refractivity contribution in [1.29, 1.82) is 0 Å². The summed E-state index contributed by atoms with van der Waals surface area (Å²) in [6, 6.07) is 0. The number of rotatable bonds is 0. The zero-order valence-corrected chi connectivity index (χ0v) is 13.8. The van der Waals surface area contributed by atoms with Gasteiger partial charge in [-0.25, -0.2) is 0 Å². The van der Waals surface area contributed by atoms with Crippen LogP contribution in [0.5, 0.6) is 0 Å². The van der Waals surface area contributed by atoms with Crippen molar-refractivity contribution in [1.82, 2.24) is 0 Å². The van der Waals surface area contributed by atoms with Gasteiger partial charge in [0.1, 0.15) is 5.78 Å². The number of Topliss-reactive ketones (excluding diaryl/α,β-unsaturated/α-hetero) is 1. The lowest BCUT2D eigenvalue weighted by atomic mass is 9.50. The van der Waals surface area contributed by atoms with Gasteiger partial charge in [0, 0.05) is 12.8 Å². The lowest BCUT2D eigenvalue weighted by molar-refractivity contribution is -0.131. The predicted octanol–water partition coefficient (Wildman–Crippen LogP) is 4.35. The van der Waals surface area contributed by atoms with E-state index in [0.29, 0.717) is 17.1 Å². The standard InChI is InChI=1S/C19H32O2/c1-13-6-8-15(20)4-3-5-18-17(13)9-7-14-12-16(21)10-11-19(14,18)2/h13-15,17-18,20H,3-12H2,1-2H3/t13?,14-,15+,17?,18?,19-/m0/s1. The van der Waals surface area contributed by atoms with Crippen molar-refractivity contribution in [2.75, 3.05) is 0 Å². The molecular weight excluding hydrogens is 260 g/mol. The van der Waals surface area contributed by atoms with E-state index in [1.165, 1.54) is 32.1 Å². The molecule has 0 heterocycles. The Kier molecular flexibility index (Phi) is 4.45. The normalized spacial score (nSPS) is 48.5. The molecule has 0 spiro atoms. The summed E-state index contributed by atoms with van der Waals surface area (Å²) in [4.78, 5) is 11.9. The first-order valence-electron chi connectivity index (χ1n) is 9.20. The van der Waals surface area contributed by atoms with Crippen LogP contribution in [0.15, 0.2) is 0 Å². The Bertz CT molecular complexity index is 391. The molecule has 2 heteroatoms. The Morgan fingerprint density at radius 2 is 1.90 bits per heavy atom. The second kappa shape index (κ2) is 6.02. The van der Waals surface area contributed by atoms with Crippen LogP contribution in [0.25, 0.3) is 0 Å². The molecule has 3 aliphatic rings. The van der Waals surface area contributed by atoms with Crippen molar-refractivity contribution in [3.8, 4) is 0 Å². The highest BCUT2D eigenvalue weighted by Gasteiger charge is 2.51. The molecule has 0 aromatic rings. The summed E-state index contributed by atoms with van der Waals surface area (Å²) in [6.45, 7) is 4.90. The van der Waals surface area contributed by atoms with Crippen LogP contribution in [-0.2, 0) is 4.79 Å². The van der Waals surface area contributed by atoms with Crippen molar-refractivity contribution in [3.05, 3.63) is 0 Å². The number of aliphatic hydroxyl groups is 1. The van der Waals surface area contributed by atoms with E-state index in [2.05, 4.69) is 13.8 Å². The molecule has 3 saturated carbocycles. The van der Waals surface area contributed by atoms with Crippen LogP contribution in [0.3, 0.4) is 0 Å². The van der Waals surface area contributed by atoms with Crippen LogP contribution in [-0.4, -0.2) is 17.0 Å². The average Bonchev–Trinajstić information content (AvgIpc) is 2.52. The van der Waals surface area contributed by atoms with Gasteiger partial charge in [-0.2, -0.15) is 0 Å². The first-order valence-corrected chi connectivity index (χ1v) is 9.20. The molecule has 21 heavy (non-hydrogen) atoms. The van der Waals surface area contributed by atoms with Gasteiger partial charge in [0.05, 0.1) is 6.10 Å². The molecule has 3 unspecified atom stereocenters. The molecule has 0 bridgehead atoms. The van der Waals surface area contributed by atoms with Gasteiger partial charge >= 0.3 is 0 Å². The summed E-state index contributed by atoms with van der Waals surface area (Å²) in [5.41, 5.74) is 0.389. The first kappa shape index (κ1) is 15.5. The summed E-state index contributed by atoms with van der Waals surface area (Å²) in [5, 5.41) is 10.1. The maximum Gasteiger partial charge on any atom is 0.133 e. The van der Waals surface area contributed by atoms with E-state index in [9.17, 15) is 9.90 Å². The van der Waals surface area contributed by atoms with Gasteiger partial charge in [0.15, 0.2) is 0 Å². The van der Waals surface area contributed by atoms with Crippen LogP contribution >= 0.6 is 0 Å². The minimum atomic E-state index is -0.0795. The number of hydrogen-bond donors (Lipinski definition) is 1.